The third kappa shape index (κ3) is 4.26. The lowest BCUT2D eigenvalue weighted by Crippen LogP contribution is -2.37. The molecule has 2 aliphatic heterocycles. The maximum Gasteiger partial charge on any atom is 0.511 e. The Morgan fingerprint density at radius 3 is 2.89 bits per heavy atom. The Morgan fingerprint density at radius 2 is 2.18 bits per heavy atom. The summed E-state index contributed by atoms with van der Waals surface area (Å²) in [5, 5.41) is 12.9. The summed E-state index contributed by atoms with van der Waals surface area (Å²) >= 11 is 0. The van der Waals surface area contributed by atoms with E-state index in [4.69, 9.17) is 25.2 Å². The van der Waals surface area contributed by atoms with Crippen LogP contribution in [0.2, 0.25) is 0 Å². The zero-order chi connectivity index (χ0) is 21.1. The zero-order valence-corrected chi connectivity index (χ0v) is 14.9. The first kappa shape index (κ1) is 18.3. The Labute approximate surface area is 158 Å². The Hall–Kier alpha value is -3.06. The molecule has 0 saturated carbocycles. The van der Waals surface area contributed by atoms with Gasteiger partial charge in [0.05, 0.1) is 14.1 Å². The van der Waals surface area contributed by atoms with Gasteiger partial charge >= 0.3 is 18.0 Å². The lowest BCUT2D eigenvalue weighted by Gasteiger charge is -2.17. The molecule has 0 bridgehead atoms. The molecule has 0 spiro atoms. The molecular weight excluding hydrogens is 382 g/mol. The van der Waals surface area contributed by atoms with E-state index in [1.165, 1.54) is 0 Å². The van der Waals surface area contributed by atoms with Gasteiger partial charge in [-0.2, -0.15) is 0 Å². The molecule has 0 unspecified atom stereocenters. The van der Waals surface area contributed by atoms with Crippen LogP contribution in [0.1, 0.15) is 21.4 Å². The van der Waals surface area contributed by atoms with E-state index >= 15 is 0 Å². The van der Waals surface area contributed by atoms with Crippen molar-refractivity contribution in [3.8, 4) is 0 Å². The molecule has 13 heteroatoms. The second kappa shape index (κ2) is 8.31. The highest BCUT2D eigenvalue weighted by Gasteiger charge is 2.54. The fourth-order valence-electron chi connectivity index (χ4n) is 2.62. The van der Waals surface area contributed by atoms with Gasteiger partial charge in [-0.3, -0.25) is 9.55 Å². The van der Waals surface area contributed by atoms with Crippen molar-refractivity contribution in [2.75, 3.05) is 13.4 Å². The number of hydrogen-bond acceptors (Lipinski definition) is 11. The maximum atomic E-state index is 12.4. The third-order valence-corrected chi connectivity index (χ3v) is 3.72. The van der Waals surface area contributed by atoms with Crippen molar-refractivity contribution in [2.24, 2.45) is 5.16 Å². The number of fused-ring (bicyclic) bond motifs is 1. The summed E-state index contributed by atoms with van der Waals surface area (Å²) in [4.78, 5) is 42.0. The summed E-state index contributed by atoms with van der Waals surface area (Å²) < 4.78 is 33.7. The molecule has 0 amide bonds. The largest absolute Gasteiger partial charge is 0.511 e. The molecule has 0 radical (unpaired) electrons. The first-order chi connectivity index (χ1) is 13.8. The summed E-state index contributed by atoms with van der Waals surface area (Å²) in [7, 11) is 0. The average molecular weight is 402 g/mol. The van der Waals surface area contributed by atoms with Crippen molar-refractivity contribution < 1.29 is 44.6 Å². The molecule has 3 heterocycles. The average Bonchev–Trinajstić information content (AvgIpc) is 3.17. The molecule has 2 fully saturated rings. The predicted octanol–water partition coefficient (Wildman–Crippen LogP) is -0.678. The van der Waals surface area contributed by atoms with Gasteiger partial charge in [0.25, 0.3) is 6.79 Å². The van der Waals surface area contributed by atoms with Crippen molar-refractivity contribution in [2.45, 2.75) is 44.5 Å². The number of rotatable bonds is 6. The summed E-state index contributed by atoms with van der Waals surface area (Å²) in [5.74, 6) is 0. The summed E-state index contributed by atoms with van der Waals surface area (Å²) in [6.07, 6.45) is -5.02. The zero-order valence-electron chi connectivity index (χ0n) is 15.9. The number of carbonyl (C=O) groups excluding carboxylic acids is 2. The highest BCUT2D eigenvalue weighted by molar-refractivity contribution is 5.63. The van der Waals surface area contributed by atoms with Crippen LogP contribution >= 0.6 is 0 Å². The van der Waals surface area contributed by atoms with Crippen molar-refractivity contribution in [3.63, 3.8) is 0 Å². The first-order valence-corrected chi connectivity index (χ1v) is 8.25. The topological polar surface area (TPSA) is 160 Å². The van der Waals surface area contributed by atoms with Crippen LogP contribution in [-0.2, 0) is 28.5 Å². The van der Waals surface area contributed by atoms with Gasteiger partial charge in [-0.05, 0) is 13.8 Å². The van der Waals surface area contributed by atoms with E-state index in [9.17, 15) is 19.5 Å². The van der Waals surface area contributed by atoms with E-state index in [1.807, 2.05) is 0 Å². The van der Waals surface area contributed by atoms with Crippen molar-refractivity contribution in [3.05, 3.63) is 28.2 Å². The van der Waals surface area contributed by atoms with Crippen LogP contribution in [0.5, 0.6) is 0 Å². The molecule has 2 aliphatic rings. The number of nitrogens with one attached hydrogen (secondary N) is 1. The molecule has 13 nitrogen and oxygen atoms in total. The minimum absolute atomic E-state index is 0.250. The molecule has 0 aromatic carbocycles. The minimum atomic E-state index is -1.11. The number of nitrogens with zero attached hydrogens (tertiary/aromatic N) is 2. The van der Waals surface area contributed by atoms with E-state index in [0.717, 1.165) is 10.8 Å². The molecule has 154 valence electrons. The fourth-order valence-corrected chi connectivity index (χ4v) is 2.62. The van der Waals surface area contributed by atoms with Crippen LogP contribution < -0.4 is 11.2 Å². The molecule has 4 atom stereocenters. The van der Waals surface area contributed by atoms with Crippen LogP contribution in [-0.4, -0.2) is 64.8 Å². The highest BCUT2D eigenvalue weighted by atomic mass is 16.8. The number of aliphatic hydroxyl groups is 1. The summed E-state index contributed by atoms with van der Waals surface area (Å²) in [6, 6.07) is -0.271. The molecule has 1 aromatic heterocycles. The number of aromatic amines is 1. The Morgan fingerprint density at radius 1 is 1.43 bits per heavy atom. The van der Waals surface area contributed by atoms with Gasteiger partial charge in [0.1, 0.15) is 6.10 Å². The first-order valence-electron chi connectivity index (χ1n) is 8.75. The molecule has 28 heavy (non-hydrogen) atoms. The monoisotopic (exact) mass is 402 g/mol. The number of hydrogen-bond donors (Lipinski definition) is 2. The van der Waals surface area contributed by atoms with E-state index in [0.29, 0.717) is 0 Å². The van der Waals surface area contributed by atoms with Gasteiger partial charge < -0.3 is 33.6 Å². The Bertz CT molecular complexity index is 897. The predicted molar refractivity (Wildman–Crippen MR) is 85.4 cm³/mol. The lowest BCUT2D eigenvalue weighted by molar-refractivity contribution is -0.0737. The van der Waals surface area contributed by atoms with Crippen LogP contribution in [0.15, 0.2) is 22.2 Å². The van der Waals surface area contributed by atoms with E-state index in [2.05, 4.69) is 14.9 Å². The quantitative estimate of drug-likeness (QED) is 0.270. The van der Waals surface area contributed by atoms with Gasteiger partial charge in [-0.15, -0.1) is 0 Å². The van der Waals surface area contributed by atoms with E-state index in [-0.39, 0.29) is 17.6 Å². The number of ether oxygens (including phenoxy) is 5. The van der Waals surface area contributed by atoms with Gasteiger partial charge in [0, 0.05) is 12.2 Å². The van der Waals surface area contributed by atoms with Crippen LogP contribution in [0.4, 0.5) is 9.59 Å². The second-order valence-corrected chi connectivity index (χ2v) is 6.02. The third-order valence-electron chi connectivity index (χ3n) is 3.72. The van der Waals surface area contributed by atoms with Gasteiger partial charge in [0.15, 0.2) is 23.9 Å². The minimum Gasteiger partial charge on any atom is -0.431 e. The standard InChI is InChI=1S/C15H19N3O10/c1-7(2)25-14(21)23-6-24-17-9-3-4-18(13(20)16-9)12-11-10(8(5-19)26-12)27-15(22)28-11/h3-4,7-8,10-12,19H,5-6H2,1-2H3,(H,16,17,20)/t8-,10-,11-,12-/m1/s1/i3D. The molecular formula is C15H19N3O10. The van der Waals surface area contributed by atoms with Crippen LogP contribution in [0.25, 0.3) is 0 Å². The molecule has 1 aromatic rings. The van der Waals surface area contributed by atoms with E-state index in [1.54, 1.807) is 13.8 Å². The Kier molecular flexibility index (Phi) is 5.43. The van der Waals surface area contributed by atoms with Crippen molar-refractivity contribution in [1.29, 1.82) is 0 Å². The number of aliphatic hydroxyl groups excluding tert-OH is 1. The SMILES string of the molecule is [2H]c1cn([C@@H]2O[C@H](CO)[C@H]3OC(=O)O[C@H]32)c(=O)[nH]/c1=N\OCOC(=O)OC(C)C. The molecule has 2 saturated heterocycles. The number of carbonyl (C=O) groups is 2. The van der Waals surface area contributed by atoms with Crippen LogP contribution in [0, 0.1) is 0 Å². The second-order valence-electron chi connectivity index (χ2n) is 6.02. The molecule has 3 rings (SSSR count). The van der Waals surface area contributed by atoms with Crippen molar-refractivity contribution >= 4 is 12.3 Å². The van der Waals surface area contributed by atoms with Gasteiger partial charge in [0.2, 0.25) is 0 Å². The number of aromatic nitrogens is 2. The lowest BCUT2D eigenvalue weighted by atomic mass is 10.1. The smallest absolute Gasteiger partial charge is 0.431 e. The summed E-state index contributed by atoms with van der Waals surface area (Å²) in [6.45, 7) is 2.23. The highest BCUT2D eigenvalue weighted by Crippen LogP contribution is 2.36. The molecule has 2 N–H and O–H groups in total. The number of H-pyrrole nitrogens is 1. The van der Waals surface area contributed by atoms with E-state index < -0.39 is 55.9 Å². The fraction of sp³-hybridized carbons (Fsp3) is 0.600. The Balaban J connectivity index is 1.72. The summed E-state index contributed by atoms with van der Waals surface area (Å²) in [5.41, 5.74) is -1.01. The maximum absolute atomic E-state index is 12.4. The van der Waals surface area contributed by atoms with Gasteiger partial charge in [-0.25, -0.2) is 14.4 Å². The van der Waals surface area contributed by atoms with Crippen molar-refractivity contribution in [1.82, 2.24) is 9.55 Å². The van der Waals surface area contributed by atoms with Gasteiger partial charge in [-0.1, -0.05) is 5.16 Å². The van der Waals surface area contributed by atoms with Crippen LogP contribution in [0.3, 0.4) is 0 Å². The molecule has 0 aliphatic carbocycles. The normalized spacial score (nSPS) is 27.1.